The molecule has 8 heteroatoms. The Morgan fingerprint density at radius 2 is 2.04 bits per heavy atom. The Bertz CT molecular complexity index is 1130. The average Bonchev–Trinajstić information content (AvgIpc) is 3.08. The first-order chi connectivity index (χ1) is 11.4. The first kappa shape index (κ1) is 14.6. The summed E-state index contributed by atoms with van der Waals surface area (Å²) in [6.07, 6.45) is 5.05. The number of pyridine rings is 1. The molecule has 1 amide bonds. The topological polar surface area (TPSA) is 112 Å². The molecule has 0 spiro atoms. The number of fused-ring (bicyclic) bond motifs is 2. The predicted octanol–water partition coefficient (Wildman–Crippen LogP) is 2.30. The number of rotatable bonds is 2. The zero-order chi connectivity index (χ0) is 16.9. The number of benzene rings is 1. The van der Waals surface area contributed by atoms with Crippen molar-refractivity contribution in [1.29, 1.82) is 0 Å². The highest BCUT2D eigenvalue weighted by Gasteiger charge is 2.26. The minimum Gasteiger partial charge on any atom is -0.346 e. The number of aromatic amines is 1. The number of carbonyl (C=O) groups excluding carboxylic acids is 1. The van der Waals surface area contributed by atoms with Crippen molar-refractivity contribution in [3.63, 3.8) is 0 Å². The lowest BCUT2D eigenvalue weighted by molar-refractivity contribution is -0.110. The van der Waals surface area contributed by atoms with E-state index in [9.17, 15) is 17.8 Å². The first-order valence-corrected chi connectivity index (χ1v) is 8.44. The maximum atomic E-state index is 12.2. The van der Waals surface area contributed by atoms with Gasteiger partial charge >= 0.3 is 0 Å². The molecule has 2 aromatic heterocycles. The van der Waals surface area contributed by atoms with E-state index in [0.29, 0.717) is 22.5 Å². The van der Waals surface area contributed by atoms with Gasteiger partial charge in [-0.2, -0.15) is 8.42 Å². The highest BCUT2D eigenvalue weighted by molar-refractivity contribution is 7.85. The van der Waals surface area contributed by atoms with Crippen LogP contribution in [0.1, 0.15) is 11.1 Å². The number of anilines is 1. The van der Waals surface area contributed by atoms with E-state index < -0.39 is 10.1 Å². The number of hydrogen-bond acceptors (Lipinski definition) is 4. The van der Waals surface area contributed by atoms with Crippen LogP contribution >= 0.6 is 0 Å². The second-order valence-electron chi connectivity index (χ2n) is 5.34. The molecule has 3 heterocycles. The quantitative estimate of drug-likeness (QED) is 0.489. The Labute approximate surface area is 136 Å². The van der Waals surface area contributed by atoms with Gasteiger partial charge in [-0.05, 0) is 36.4 Å². The summed E-state index contributed by atoms with van der Waals surface area (Å²) in [5, 5.41) is 3.52. The fourth-order valence-corrected chi connectivity index (χ4v) is 3.23. The van der Waals surface area contributed by atoms with Crippen LogP contribution in [0.2, 0.25) is 0 Å². The summed E-state index contributed by atoms with van der Waals surface area (Å²) in [5.41, 5.74) is 2.69. The molecule has 0 saturated heterocycles. The van der Waals surface area contributed by atoms with Gasteiger partial charge in [0.25, 0.3) is 16.0 Å². The Morgan fingerprint density at radius 3 is 2.83 bits per heavy atom. The number of carbonyl (C=O) groups is 1. The molecular formula is C16H11N3O4S. The van der Waals surface area contributed by atoms with Crippen molar-refractivity contribution in [3.8, 4) is 0 Å². The number of nitrogens with one attached hydrogen (secondary N) is 2. The molecule has 0 aliphatic carbocycles. The lowest BCUT2D eigenvalue weighted by Gasteiger charge is -2.02. The summed E-state index contributed by atoms with van der Waals surface area (Å²) in [7, 11) is -4.34. The van der Waals surface area contributed by atoms with E-state index in [4.69, 9.17) is 0 Å². The van der Waals surface area contributed by atoms with Crippen LogP contribution in [-0.4, -0.2) is 28.8 Å². The van der Waals surface area contributed by atoms with Crippen molar-refractivity contribution in [2.75, 3.05) is 5.32 Å². The van der Waals surface area contributed by atoms with Gasteiger partial charge in [-0.15, -0.1) is 0 Å². The second-order valence-corrected chi connectivity index (χ2v) is 6.76. The second kappa shape index (κ2) is 5.02. The van der Waals surface area contributed by atoms with Gasteiger partial charge in [-0.25, -0.2) is 4.98 Å². The lowest BCUT2D eigenvalue weighted by atomic mass is 10.0. The zero-order valence-corrected chi connectivity index (χ0v) is 13.0. The van der Waals surface area contributed by atoms with Gasteiger partial charge in [0.2, 0.25) is 0 Å². The molecule has 0 bridgehead atoms. The molecule has 0 unspecified atom stereocenters. The standard InChI is InChI=1S/C16H11N3O4S/c20-16-13(6-9-8-18-15-11(9)2-1-5-17-15)12-7-10(24(21,22)23)3-4-14(12)19-16/h1-8H,(H,17,18)(H,19,20)(H,21,22,23). The van der Waals surface area contributed by atoms with Gasteiger partial charge in [0.1, 0.15) is 5.65 Å². The van der Waals surface area contributed by atoms with Crippen LogP contribution in [0.4, 0.5) is 5.69 Å². The van der Waals surface area contributed by atoms with Crippen LogP contribution in [-0.2, 0) is 14.9 Å². The number of aromatic nitrogens is 2. The van der Waals surface area contributed by atoms with E-state index in [2.05, 4.69) is 15.3 Å². The summed E-state index contributed by atoms with van der Waals surface area (Å²) in [6, 6.07) is 7.63. The summed E-state index contributed by atoms with van der Waals surface area (Å²) in [4.78, 5) is 19.2. The van der Waals surface area contributed by atoms with Gasteiger partial charge in [-0.1, -0.05) is 0 Å². The van der Waals surface area contributed by atoms with Crippen LogP contribution in [0.15, 0.2) is 47.6 Å². The van der Waals surface area contributed by atoms with E-state index >= 15 is 0 Å². The molecule has 24 heavy (non-hydrogen) atoms. The van der Waals surface area contributed by atoms with Crippen LogP contribution < -0.4 is 5.32 Å². The van der Waals surface area contributed by atoms with Crippen LogP contribution in [0.3, 0.4) is 0 Å². The van der Waals surface area contributed by atoms with Gasteiger partial charge in [0.15, 0.2) is 0 Å². The zero-order valence-electron chi connectivity index (χ0n) is 12.1. The fourth-order valence-electron chi connectivity index (χ4n) is 2.72. The normalized spacial score (nSPS) is 15.7. The molecular weight excluding hydrogens is 330 g/mol. The minimum atomic E-state index is -4.34. The maximum absolute atomic E-state index is 12.2. The van der Waals surface area contributed by atoms with Crippen molar-refractivity contribution in [1.82, 2.24) is 9.97 Å². The molecule has 0 fully saturated rings. The summed E-state index contributed by atoms with van der Waals surface area (Å²) in [5.74, 6) is -0.337. The molecule has 3 aromatic rings. The van der Waals surface area contributed by atoms with Crippen molar-refractivity contribution in [3.05, 3.63) is 53.9 Å². The SMILES string of the molecule is O=C1Nc2ccc(S(=O)(=O)O)cc2C1=Cc1c[nH]c2ncccc12. The summed E-state index contributed by atoms with van der Waals surface area (Å²) in [6.45, 7) is 0. The average molecular weight is 341 g/mol. The van der Waals surface area contributed by atoms with Crippen LogP contribution in [0.5, 0.6) is 0 Å². The predicted molar refractivity (Wildman–Crippen MR) is 88.9 cm³/mol. The first-order valence-electron chi connectivity index (χ1n) is 7.00. The molecule has 7 nitrogen and oxygen atoms in total. The number of amides is 1. The third kappa shape index (κ3) is 2.29. The molecule has 120 valence electrons. The fraction of sp³-hybridized carbons (Fsp3) is 0. The van der Waals surface area contributed by atoms with Crippen molar-refractivity contribution in [2.24, 2.45) is 0 Å². The smallest absolute Gasteiger partial charge is 0.294 e. The molecule has 0 radical (unpaired) electrons. The van der Waals surface area contributed by atoms with Crippen molar-refractivity contribution >= 4 is 44.4 Å². The highest BCUT2D eigenvalue weighted by atomic mass is 32.2. The minimum absolute atomic E-state index is 0.260. The third-order valence-corrected chi connectivity index (χ3v) is 4.70. The molecule has 0 atom stereocenters. The van der Waals surface area contributed by atoms with E-state index in [1.807, 2.05) is 6.07 Å². The molecule has 1 aliphatic heterocycles. The van der Waals surface area contributed by atoms with Crippen LogP contribution in [0.25, 0.3) is 22.7 Å². The van der Waals surface area contributed by atoms with Gasteiger partial charge in [-0.3, -0.25) is 9.35 Å². The molecule has 4 rings (SSSR count). The van der Waals surface area contributed by atoms with E-state index in [0.717, 1.165) is 10.9 Å². The van der Waals surface area contributed by atoms with E-state index in [1.165, 1.54) is 18.2 Å². The molecule has 1 aromatic carbocycles. The monoisotopic (exact) mass is 341 g/mol. The summed E-state index contributed by atoms with van der Waals surface area (Å²) >= 11 is 0. The molecule has 0 saturated carbocycles. The number of hydrogen-bond donors (Lipinski definition) is 3. The van der Waals surface area contributed by atoms with Gasteiger partial charge in [0, 0.05) is 40.2 Å². The summed E-state index contributed by atoms with van der Waals surface area (Å²) < 4.78 is 31.9. The van der Waals surface area contributed by atoms with E-state index in [1.54, 1.807) is 24.5 Å². The molecule has 3 N–H and O–H groups in total. The Balaban J connectivity index is 1.90. The number of H-pyrrole nitrogens is 1. The van der Waals surface area contributed by atoms with Gasteiger partial charge < -0.3 is 10.3 Å². The molecule has 1 aliphatic rings. The van der Waals surface area contributed by atoms with Crippen molar-refractivity contribution < 1.29 is 17.8 Å². The third-order valence-electron chi connectivity index (χ3n) is 3.85. The Hall–Kier alpha value is -2.97. The Kier molecular flexibility index (Phi) is 3.05. The van der Waals surface area contributed by atoms with Crippen molar-refractivity contribution in [2.45, 2.75) is 4.90 Å². The Morgan fingerprint density at radius 1 is 1.21 bits per heavy atom. The van der Waals surface area contributed by atoms with Gasteiger partial charge in [0.05, 0.1) is 4.90 Å². The largest absolute Gasteiger partial charge is 0.346 e. The highest BCUT2D eigenvalue weighted by Crippen LogP contribution is 2.35. The van der Waals surface area contributed by atoms with Crippen LogP contribution in [0, 0.1) is 0 Å². The lowest BCUT2D eigenvalue weighted by Crippen LogP contribution is -2.03. The van der Waals surface area contributed by atoms with E-state index in [-0.39, 0.29) is 10.8 Å². The number of nitrogens with zero attached hydrogens (tertiary/aromatic N) is 1. The maximum Gasteiger partial charge on any atom is 0.294 e.